The van der Waals surface area contributed by atoms with Gasteiger partial charge in [-0.25, -0.2) is 4.79 Å². The first-order chi connectivity index (χ1) is 13.6. The lowest BCUT2D eigenvalue weighted by Gasteiger charge is -2.13. The molecule has 28 heavy (non-hydrogen) atoms. The fourth-order valence-electron chi connectivity index (χ4n) is 3.40. The highest BCUT2D eigenvalue weighted by Crippen LogP contribution is 2.23. The molecule has 1 unspecified atom stereocenters. The van der Waals surface area contributed by atoms with Gasteiger partial charge < -0.3 is 9.67 Å². The van der Waals surface area contributed by atoms with E-state index in [1.807, 2.05) is 67.6 Å². The summed E-state index contributed by atoms with van der Waals surface area (Å²) in [6, 6.07) is 19.9. The van der Waals surface area contributed by atoms with E-state index in [2.05, 4.69) is 4.99 Å². The standard InChI is InChI=1S/C22H18N2O3S/c1-2-17(21(26)27)24-18-12-5-6-13-19(18)28-22(24)23-20(25)16-11-7-9-14-8-3-4-10-15(14)16/h3-13,17H,2H2,1H3,(H,26,27). The van der Waals surface area contributed by atoms with E-state index in [0.29, 0.717) is 16.8 Å². The second-order valence-electron chi connectivity index (χ2n) is 6.43. The molecule has 1 amide bonds. The molecule has 0 fully saturated rings. The highest BCUT2D eigenvalue weighted by atomic mass is 32.1. The van der Waals surface area contributed by atoms with Crippen LogP contribution in [0.4, 0.5) is 0 Å². The maximum Gasteiger partial charge on any atom is 0.326 e. The number of benzene rings is 3. The van der Waals surface area contributed by atoms with Gasteiger partial charge in [0.2, 0.25) is 0 Å². The molecule has 4 rings (SSSR count). The van der Waals surface area contributed by atoms with Gasteiger partial charge in [-0.15, -0.1) is 0 Å². The average molecular weight is 390 g/mol. The Morgan fingerprint density at radius 1 is 1.04 bits per heavy atom. The van der Waals surface area contributed by atoms with Gasteiger partial charge in [-0.1, -0.05) is 66.8 Å². The summed E-state index contributed by atoms with van der Waals surface area (Å²) in [4.78, 5) is 29.6. The smallest absolute Gasteiger partial charge is 0.326 e. The van der Waals surface area contributed by atoms with Gasteiger partial charge in [0.25, 0.3) is 5.91 Å². The van der Waals surface area contributed by atoms with Crippen molar-refractivity contribution in [3.8, 4) is 0 Å². The number of hydrogen-bond acceptors (Lipinski definition) is 3. The lowest BCUT2D eigenvalue weighted by Crippen LogP contribution is -2.27. The highest BCUT2D eigenvalue weighted by Gasteiger charge is 2.22. The number of rotatable bonds is 4. The number of carbonyl (C=O) groups excluding carboxylic acids is 1. The van der Waals surface area contributed by atoms with Gasteiger partial charge >= 0.3 is 5.97 Å². The normalized spacial score (nSPS) is 13.1. The van der Waals surface area contributed by atoms with E-state index in [-0.39, 0.29) is 5.91 Å². The number of carboxylic acids is 1. The number of nitrogens with zero attached hydrogens (tertiary/aromatic N) is 2. The van der Waals surface area contributed by atoms with Gasteiger partial charge in [0.05, 0.1) is 10.2 Å². The molecule has 1 atom stereocenters. The van der Waals surface area contributed by atoms with Crippen molar-refractivity contribution in [2.45, 2.75) is 19.4 Å². The van der Waals surface area contributed by atoms with Gasteiger partial charge in [-0.3, -0.25) is 4.79 Å². The Labute approximate surface area is 165 Å². The van der Waals surface area contributed by atoms with Crippen molar-refractivity contribution in [3.05, 3.63) is 77.1 Å². The van der Waals surface area contributed by atoms with Crippen LogP contribution in [0.15, 0.2) is 71.7 Å². The van der Waals surface area contributed by atoms with Crippen LogP contribution < -0.4 is 4.80 Å². The lowest BCUT2D eigenvalue weighted by atomic mass is 10.0. The predicted octanol–water partition coefficient (Wildman–Crippen LogP) is 4.63. The number of aromatic nitrogens is 1. The molecular formula is C22H18N2O3S. The highest BCUT2D eigenvalue weighted by molar-refractivity contribution is 7.16. The van der Waals surface area contributed by atoms with E-state index in [9.17, 15) is 14.7 Å². The van der Waals surface area contributed by atoms with Gasteiger partial charge in [0.15, 0.2) is 4.80 Å². The molecule has 0 aliphatic carbocycles. The fraction of sp³-hybridized carbons (Fsp3) is 0.136. The predicted molar refractivity (Wildman–Crippen MR) is 111 cm³/mol. The van der Waals surface area contributed by atoms with Crippen molar-refractivity contribution in [2.75, 3.05) is 0 Å². The van der Waals surface area contributed by atoms with Gasteiger partial charge in [-0.2, -0.15) is 4.99 Å². The number of carboxylic acid groups (broad SMARTS) is 1. The third kappa shape index (κ3) is 3.12. The number of carbonyl (C=O) groups is 2. The fourth-order valence-corrected chi connectivity index (χ4v) is 4.46. The van der Waals surface area contributed by atoms with Crippen molar-refractivity contribution in [2.24, 2.45) is 4.99 Å². The average Bonchev–Trinajstić information content (AvgIpc) is 3.05. The van der Waals surface area contributed by atoms with Crippen LogP contribution in [0.3, 0.4) is 0 Å². The molecule has 1 N–H and O–H groups in total. The molecule has 5 nitrogen and oxygen atoms in total. The second-order valence-corrected chi connectivity index (χ2v) is 7.44. The molecule has 0 spiro atoms. The number of hydrogen-bond donors (Lipinski definition) is 1. The van der Waals surface area contributed by atoms with Crippen molar-refractivity contribution in [1.82, 2.24) is 4.57 Å². The Morgan fingerprint density at radius 2 is 1.75 bits per heavy atom. The molecule has 4 aromatic rings. The van der Waals surface area contributed by atoms with E-state index in [1.54, 1.807) is 10.6 Å². The van der Waals surface area contributed by atoms with Crippen LogP contribution in [0.1, 0.15) is 29.7 Å². The van der Waals surface area contributed by atoms with Crippen molar-refractivity contribution in [3.63, 3.8) is 0 Å². The van der Waals surface area contributed by atoms with Crippen LogP contribution in [0, 0.1) is 0 Å². The molecule has 140 valence electrons. The molecule has 0 radical (unpaired) electrons. The van der Waals surface area contributed by atoms with E-state index in [0.717, 1.165) is 21.0 Å². The Hall–Kier alpha value is -3.25. The molecule has 0 aliphatic rings. The minimum atomic E-state index is -0.940. The van der Waals surface area contributed by atoms with Crippen molar-refractivity contribution < 1.29 is 14.7 Å². The zero-order valence-corrected chi connectivity index (χ0v) is 16.0. The minimum Gasteiger partial charge on any atom is -0.480 e. The topological polar surface area (TPSA) is 71.7 Å². The molecule has 6 heteroatoms. The largest absolute Gasteiger partial charge is 0.480 e. The molecule has 1 aromatic heterocycles. The number of para-hydroxylation sites is 1. The van der Waals surface area contributed by atoms with Gasteiger partial charge in [0, 0.05) is 5.56 Å². The molecule has 3 aromatic carbocycles. The van der Waals surface area contributed by atoms with Crippen molar-refractivity contribution >= 4 is 44.2 Å². The zero-order valence-electron chi connectivity index (χ0n) is 15.2. The Kier molecular flexibility index (Phi) is 4.79. The summed E-state index contributed by atoms with van der Waals surface area (Å²) in [5, 5.41) is 11.5. The first kappa shape index (κ1) is 18.1. The Balaban J connectivity index is 1.94. The van der Waals surface area contributed by atoms with Crippen LogP contribution >= 0.6 is 11.3 Å². The SMILES string of the molecule is CCC(C(=O)O)n1c(=NC(=O)c2cccc3ccccc23)sc2ccccc21. The molecule has 0 saturated carbocycles. The Morgan fingerprint density at radius 3 is 2.54 bits per heavy atom. The van der Waals surface area contributed by atoms with Crippen LogP contribution in [-0.2, 0) is 4.79 Å². The molecule has 0 bridgehead atoms. The minimum absolute atomic E-state index is 0.377. The summed E-state index contributed by atoms with van der Waals surface area (Å²) in [7, 11) is 0. The maximum atomic E-state index is 13.0. The van der Waals surface area contributed by atoms with E-state index >= 15 is 0 Å². The molecular weight excluding hydrogens is 372 g/mol. The number of fused-ring (bicyclic) bond motifs is 2. The van der Waals surface area contributed by atoms with Crippen LogP contribution in [0.25, 0.3) is 21.0 Å². The third-order valence-corrected chi connectivity index (χ3v) is 5.77. The summed E-state index contributed by atoms with van der Waals surface area (Å²) >= 11 is 1.33. The summed E-state index contributed by atoms with van der Waals surface area (Å²) in [6.45, 7) is 1.81. The number of aliphatic carboxylic acids is 1. The van der Waals surface area contributed by atoms with Crippen LogP contribution in [0.2, 0.25) is 0 Å². The summed E-state index contributed by atoms with van der Waals surface area (Å²) in [5.74, 6) is -1.32. The summed E-state index contributed by atoms with van der Waals surface area (Å²) < 4.78 is 2.55. The lowest BCUT2D eigenvalue weighted by molar-refractivity contribution is -0.140. The molecule has 0 aliphatic heterocycles. The van der Waals surface area contributed by atoms with Crippen molar-refractivity contribution in [1.29, 1.82) is 0 Å². The zero-order chi connectivity index (χ0) is 19.7. The van der Waals surface area contributed by atoms with E-state index in [1.165, 1.54) is 11.3 Å². The molecule has 0 saturated heterocycles. The first-order valence-electron chi connectivity index (χ1n) is 9.00. The quantitative estimate of drug-likeness (QED) is 0.552. The summed E-state index contributed by atoms with van der Waals surface area (Å²) in [5.41, 5.74) is 1.27. The second kappa shape index (κ2) is 7.40. The third-order valence-electron chi connectivity index (χ3n) is 4.73. The van der Waals surface area contributed by atoms with E-state index in [4.69, 9.17) is 0 Å². The van der Waals surface area contributed by atoms with Gasteiger partial charge in [-0.05, 0) is 35.4 Å². The van der Waals surface area contributed by atoms with Crippen LogP contribution in [0.5, 0.6) is 0 Å². The van der Waals surface area contributed by atoms with Crippen LogP contribution in [-0.4, -0.2) is 21.6 Å². The summed E-state index contributed by atoms with van der Waals surface area (Å²) in [6.07, 6.45) is 0.395. The molecule has 1 heterocycles. The number of amides is 1. The monoisotopic (exact) mass is 390 g/mol. The van der Waals surface area contributed by atoms with E-state index < -0.39 is 12.0 Å². The maximum absolute atomic E-state index is 13.0. The van der Waals surface area contributed by atoms with Gasteiger partial charge in [0.1, 0.15) is 6.04 Å². The Bertz CT molecular complexity index is 1260. The first-order valence-corrected chi connectivity index (χ1v) is 9.81. The number of thiazole rings is 1.